The van der Waals surface area contributed by atoms with E-state index in [4.69, 9.17) is 32.4 Å². The molecule has 3 rings (SSSR count). The lowest BCUT2D eigenvalue weighted by Gasteiger charge is -2.12. The lowest BCUT2D eigenvalue weighted by Crippen LogP contribution is -2.12. The number of amides is 2. The quantitative estimate of drug-likeness (QED) is 0.317. The summed E-state index contributed by atoms with van der Waals surface area (Å²) in [4.78, 5) is 24.3. The molecule has 0 fully saturated rings. The maximum atomic E-state index is 12.3. The number of anilines is 2. The molecular formula is C25H24Cl2N2O4. The highest BCUT2D eigenvalue weighted by Crippen LogP contribution is 2.32. The number of benzene rings is 2. The molecule has 33 heavy (non-hydrogen) atoms. The molecule has 0 aliphatic heterocycles. The van der Waals surface area contributed by atoms with Gasteiger partial charge in [-0.05, 0) is 55.0 Å². The fourth-order valence-corrected chi connectivity index (χ4v) is 3.54. The third-order valence-electron chi connectivity index (χ3n) is 4.72. The van der Waals surface area contributed by atoms with Gasteiger partial charge < -0.3 is 19.8 Å². The van der Waals surface area contributed by atoms with Gasteiger partial charge >= 0.3 is 0 Å². The molecule has 3 aromatic rings. The number of hydrogen-bond donors (Lipinski definition) is 2. The van der Waals surface area contributed by atoms with Crippen LogP contribution in [0.25, 0.3) is 17.4 Å². The second-order valence-electron chi connectivity index (χ2n) is 7.22. The van der Waals surface area contributed by atoms with Gasteiger partial charge in [0.2, 0.25) is 11.8 Å². The number of ether oxygens (including phenoxy) is 1. The van der Waals surface area contributed by atoms with E-state index >= 15 is 0 Å². The van der Waals surface area contributed by atoms with E-state index in [9.17, 15) is 9.59 Å². The SMILES string of the molecule is CCCCC(=O)Nc1ccc(NC(=O)/C=C/c2ccc(-c3ccc(Cl)cc3Cl)o2)cc1OC. The number of nitrogens with one attached hydrogen (secondary N) is 2. The molecule has 2 N–H and O–H groups in total. The Hall–Kier alpha value is -3.22. The standard InChI is InChI=1S/C25H24Cl2N2O4/c1-3-4-5-24(30)29-21-11-7-17(15-23(21)32-2)28-25(31)13-9-18-8-12-22(33-18)19-10-6-16(26)14-20(19)27/h6-15H,3-5H2,1-2H3,(H,28,31)(H,29,30)/b13-9+. The summed E-state index contributed by atoms with van der Waals surface area (Å²) in [5.74, 6) is 1.09. The van der Waals surface area contributed by atoms with Crippen LogP contribution in [0.15, 0.2) is 59.0 Å². The molecule has 0 bridgehead atoms. The molecule has 0 unspecified atom stereocenters. The van der Waals surface area contributed by atoms with Crippen molar-refractivity contribution in [3.8, 4) is 17.1 Å². The van der Waals surface area contributed by atoms with Crippen molar-refractivity contribution >= 4 is 52.5 Å². The zero-order valence-electron chi connectivity index (χ0n) is 18.3. The Morgan fingerprint density at radius 1 is 1.06 bits per heavy atom. The number of halogens is 2. The zero-order chi connectivity index (χ0) is 23.8. The van der Waals surface area contributed by atoms with E-state index in [1.807, 2.05) is 6.92 Å². The Labute approximate surface area is 202 Å². The molecule has 2 aromatic carbocycles. The fourth-order valence-electron chi connectivity index (χ4n) is 3.04. The summed E-state index contributed by atoms with van der Waals surface area (Å²) in [6.45, 7) is 2.03. The molecule has 0 saturated carbocycles. The van der Waals surface area contributed by atoms with Crippen LogP contribution in [0.1, 0.15) is 31.9 Å². The van der Waals surface area contributed by atoms with E-state index in [1.165, 1.54) is 13.2 Å². The van der Waals surface area contributed by atoms with Crippen molar-refractivity contribution in [3.05, 3.63) is 70.4 Å². The highest BCUT2D eigenvalue weighted by atomic mass is 35.5. The van der Waals surface area contributed by atoms with Crippen molar-refractivity contribution in [2.24, 2.45) is 0 Å². The van der Waals surface area contributed by atoms with Gasteiger partial charge in [-0.25, -0.2) is 0 Å². The number of carbonyl (C=O) groups is 2. The van der Waals surface area contributed by atoms with Gasteiger partial charge in [-0.2, -0.15) is 0 Å². The molecule has 1 heterocycles. The number of furan rings is 1. The van der Waals surface area contributed by atoms with Crippen molar-refractivity contribution in [2.75, 3.05) is 17.7 Å². The Bertz CT molecular complexity index is 1170. The summed E-state index contributed by atoms with van der Waals surface area (Å²) in [6, 6.07) is 13.7. The Morgan fingerprint density at radius 3 is 2.61 bits per heavy atom. The molecule has 0 atom stereocenters. The van der Waals surface area contributed by atoms with E-state index in [0.29, 0.717) is 50.7 Å². The normalized spacial score (nSPS) is 10.9. The maximum Gasteiger partial charge on any atom is 0.248 e. The van der Waals surface area contributed by atoms with Gasteiger partial charge in [0.1, 0.15) is 17.3 Å². The lowest BCUT2D eigenvalue weighted by molar-refractivity contribution is -0.116. The summed E-state index contributed by atoms with van der Waals surface area (Å²) >= 11 is 12.1. The second kappa shape index (κ2) is 11.6. The largest absolute Gasteiger partial charge is 0.494 e. The number of hydrogen-bond acceptors (Lipinski definition) is 4. The monoisotopic (exact) mass is 486 g/mol. The van der Waals surface area contributed by atoms with Gasteiger partial charge in [-0.1, -0.05) is 36.5 Å². The molecule has 172 valence electrons. The minimum Gasteiger partial charge on any atom is -0.494 e. The van der Waals surface area contributed by atoms with Crippen LogP contribution < -0.4 is 15.4 Å². The predicted molar refractivity (Wildman–Crippen MR) is 133 cm³/mol. The molecule has 2 amide bonds. The van der Waals surface area contributed by atoms with E-state index in [0.717, 1.165) is 12.8 Å². The van der Waals surface area contributed by atoms with Gasteiger partial charge in [-0.3, -0.25) is 9.59 Å². The Morgan fingerprint density at radius 2 is 1.88 bits per heavy atom. The van der Waals surface area contributed by atoms with Crippen LogP contribution >= 0.6 is 23.2 Å². The minimum atomic E-state index is -0.348. The zero-order valence-corrected chi connectivity index (χ0v) is 19.8. The first-order chi connectivity index (χ1) is 15.9. The average Bonchev–Trinajstić information content (AvgIpc) is 3.26. The number of methoxy groups -OCH3 is 1. The molecular weight excluding hydrogens is 463 g/mol. The predicted octanol–water partition coefficient (Wildman–Crippen LogP) is 7.04. The third kappa shape index (κ3) is 6.88. The van der Waals surface area contributed by atoms with Gasteiger partial charge in [0.25, 0.3) is 0 Å². The topological polar surface area (TPSA) is 80.6 Å². The highest BCUT2D eigenvalue weighted by molar-refractivity contribution is 6.36. The van der Waals surface area contributed by atoms with E-state index in [-0.39, 0.29) is 11.8 Å². The summed E-state index contributed by atoms with van der Waals surface area (Å²) < 4.78 is 11.1. The first kappa shape index (κ1) is 24.4. The molecule has 0 aliphatic rings. The van der Waals surface area contributed by atoms with Crippen LogP contribution in [0.5, 0.6) is 5.75 Å². The van der Waals surface area contributed by atoms with Crippen molar-refractivity contribution in [1.29, 1.82) is 0 Å². The summed E-state index contributed by atoms with van der Waals surface area (Å²) in [5.41, 5.74) is 1.79. The first-order valence-corrected chi connectivity index (χ1v) is 11.2. The first-order valence-electron chi connectivity index (χ1n) is 10.4. The van der Waals surface area contributed by atoms with Crippen molar-refractivity contribution in [1.82, 2.24) is 0 Å². The van der Waals surface area contributed by atoms with Crippen molar-refractivity contribution in [2.45, 2.75) is 26.2 Å². The van der Waals surface area contributed by atoms with E-state index < -0.39 is 0 Å². The molecule has 0 radical (unpaired) electrons. The third-order valence-corrected chi connectivity index (χ3v) is 5.27. The van der Waals surface area contributed by atoms with Gasteiger partial charge in [0.15, 0.2) is 0 Å². The lowest BCUT2D eigenvalue weighted by atomic mass is 10.2. The number of carbonyl (C=O) groups excluding carboxylic acids is 2. The number of unbranched alkanes of at least 4 members (excludes halogenated alkanes) is 1. The van der Waals surface area contributed by atoms with Crippen LogP contribution in [0.2, 0.25) is 10.0 Å². The molecule has 6 nitrogen and oxygen atoms in total. The Kier molecular flexibility index (Phi) is 8.58. The van der Waals surface area contributed by atoms with Gasteiger partial charge in [0, 0.05) is 34.8 Å². The van der Waals surface area contributed by atoms with Crippen LogP contribution in [-0.2, 0) is 9.59 Å². The van der Waals surface area contributed by atoms with Gasteiger partial charge in [0.05, 0.1) is 17.8 Å². The summed E-state index contributed by atoms with van der Waals surface area (Å²) in [6.07, 6.45) is 5.12. The molecule has 0 spiro atoms. The average molecular weight is 487 g/mol. The van der Waals surface area contributed by atoms with Crippen molar-refractivity contribution < 1.29 is 18.7 Å². The second-order valence-corrected chi connectivity index (χ2v) is 8.06. The van der Waals surface area contributed by atoms with Crippen molar-refractivity contribution in [3.63, 3.8) is 0 Å². The van der Waals surface area contributed by atoms with Crippen LogP contribution in [0.3, 0.4) is 0 Å². The van der Waals surface area contributed by atoms with E-state index in [2.05, 4.69) is 10.6 Å². The van der Waals surface area contributed by atoms with E-state index in [1.54, 1.807) is 54.6 Å². The van der Waals surface area contributed by atoms with Crippen LogP contribution in [0.4, 0.5) is 11.4 Å². The highest BCUT2D eigenvalue weighted by Gasteiger charge is 2.10. The van der Waals surface area contributed by atoms with Crippen LogP contribution in [-0.4, -0.2) is 18.9 Å². The van der Waals surface area contributed by atoms with Crippen LogP contribution in [0, 0.1) is 0 Å². The maximum absolute atomic E-state index is 12.3. The minimum absolute atomic E-state index is 0.0763. The molecule has 0 aliphatic carbocycles. The molecule has 1 aromatic heterocycles. The summed E-state index contributed by atoms with van der Waals surface area (Å²) in [7, 11) is 1.50. The Balaban J connectivity index is 1.63. The molecule has 8 heteroatoms. The van der Waals surface area contributed by atoms with Gasteiger partial charge in [-0.15, -0.1) is 0 Å². The summed E-state index contributed by atoms with van der Waals surface area (Å²) in [5, 5.41) is 6.60. The fraction of sp³-hybridized carbons (Fsp3) is 0.200. The smallest absolute Gasteiger partial charge is 0.248 e. The molecule has 0 saturated heterocycles. The number of rotatable bonds is 9.